The van der Waals surface area contributed by atoms with Gasteiger partial charge in [-0.15, -0.1) is 0 Å². The van der Waals surface area contributed by atoms with Crippen LogP contribution in [0.1, 0.15) is 24.1 Å². The van der Waals surface area contributed by atoms with E-state index in [4.69, 9.17) is 0 Å². The fraction of sp³-hybridized carbons (Fsp3) is 0.211. The van der Waals surface area contributed by atoms with Crippen LogP contribution in [0.5, 0.6) is 0 Å². The minimum absolute atomic E-state index is 0.174. The molecular weight excluding hydrogens is 290 g/mol. The van der Waals surface area contributed by atoms with E-state index in [1.807, 2.05) is 66.7 Å². The summed E-state index contributed by atoms with van der Waals surface area (Å²) in [5.41, 5.74) is 2.48. The third-order valence-corrected chi connectivity index (χ3v) is 3.65. The highest BCUT2D eigenvalue weighted by Gasteiger charge is 2.23. The zero-order valence-electron chi connectivity index (χ0n) is 13.0. The van der Waals surface area contributed by atoms with E-state index in [-0.39, 0.29) is 6.61 Å². The van der Waals surface area contributed by atoms with Gasteiger partial charge in [0.15, 0.2) is 0 Å². The van der Waals surface area contributed by atoms with Crippen LogP contribution >= 0.6 is 0 Å². The number of carbonyl (C=O) groups is 1. The summed E-state index contributed by atoms with van der Waals surface area (Å²) in [6.07, 6.45) is 1.84. The Bertz CT molecular complexity index is 653. The molecule has 2 atom stereocenters. The Labute approximate surface area is 136 Å². The molecular formula is C19H21NO3. The largest absolute Gasteiger partial charge is 0.480 e. The van der Waals surface area contributed by atoms with Gasteiger partial charge in [-0.3, -0.25) is 10.1 Å². The van der Waals surface area contributed by atoms with E-state index in [1.54, 1.807) is 6.92 Å². The second-order valence-electron chi connectivity index (χ2n) is 5.38. The second-order valence-corrected chi connectivity index (χ2v) is 5.38. The maximum atomic E-state index is 11.6. The molecule has 0 saturated carbocycles. The van der Waals surface area contributed by atoms with Gasteiger partial charge in [0, 0.05) is 0 Å². The van der Waals surface area contributed by atoms with E-state index in [9.17, 15) is 15.0 Å². The lowest BCUT2D eigenvalue weighted by atomic mass is 10.0. The fourth-order valence-electron chi connectivity index (χ4n) is 2.43. The molecule has 0 aliphatic carbocycles. The fourth-order valence-corrected chi connectivity index (χ4v) is 2.43. The SMILES string of the molecule is C/C(=C\c1ccccc1)[C@@H](N[C@H](CO)c1ccccc1)C(=O)O. The number of carboxylic acids is 1. The molecule has 0 fully saturated rings. The van der Waals surface area contributed by atoms with Crippen molar-refractivity contribution in [3.05, 3.63) is 77.4 Å². The Morgan fingerprint density at radius 1 is 1.09 bits per heavy atom. The van der Waals surface area contributed by atoms with Crippen LogP contribution in [-0.4, -0.2) is 28.8 Å². The third-order valence-electron chi connectivity index (χ3n) is 3.65. The predicted molar refractivity (Wildman–Crippen MR) is 90.9 cm³/mol. The van der Waals surface area contributed by atoms with Crippen LogP contribution < -0.4 is 5.32 Å². The van der Waals surface area contributed by atoms with Crippen LogP contribution in [0.2, 0.25) is 0 Å². The number of hydrogen-bond donors (Lipinski definition) is 3. The van der Waals surface area contributed by atoms with Gasteiger partial charge in [-0.25, -0.2) is 0 Å². The molecule has 2 aromatic rings. The summed E-state index contributed by atoms with van der Waals surface area (Å²) >= 11 is 0. The average Bonchev–Trinajstić information content (AvgIpc) is 2.57. The maximum absolute atomic E-state index is 11.6. The number of aliphatic carboxylic acids is 1. The number of carboxylic acid groups (broad SMARTS) is 1. The summed E-state index contributed by atoms with van der Waals surface area (Å²) in [5.74, 6) is -0.968. The lowest BCUT2D eigenvalue weighted by Gasteiger charge is -2.23. The van der Waals surface area contributed by atoms with E-state index in [0.29, 0.717) is 5.57 Å². The summed E-state index contributed by atoms with van der Waals surface area (Å²) in [6.45, 7) is 1.60. The molecule has 4 heteroatoms. The van der Waals surface area contributed by atoms with Crippen molar-refractivity contribution in [1.29, 1.82) is 0 Å². The predicted octanol–water partition coefficient (Wildman–Crippen LogP) is 2.87. The standard InChI is InChI=1S/C19H21NO3/c1-14(12-15-8-4-2-5-9-15)18(19(22)23)20-17(13-21)16-10-6-3-7-11-16/h2-12,17-18,20-21H,13H2,1H3,(H,22,23)/b14-12+/t17-,18-/m1/s1. The van der Waals surface area contributed by atoms with Crippen molar-refractivity contribution in [2.75, 3.05) is 6.61 Å². The minimum Gasteiger partial charge on any atom is -0.480 e. The van der Waals surface area contributed by atoms with Crippen LogP contribution in [0.15, 0.2) is 66.2 Å². The van der Waals surface area contributed by atoms with Gasteiger partial charge >= 0.3 is 5.97 Å². The van der Waals surface area contributed by atoms with Crippen molar-refractivity contribution < 1.29 is 15.0 Å². The van der Waals surface area contributed by atoms with E-state index in [0.717, 1.165) is 11.1 Å². The molecule has 23 heavy (non-hydrogen) atoms. The van der Waals surface area contributed by atoms with Crippen molar-refractivity contribution in [3.63, 3.8) is 0 Å². The topological polar surface area (TPSA) is 69.6 Å². The molecule has 0 aromatic heterocycles. The Morgan fingerprint density at radius 2 is 1.65 bits per heavy atom. The first-order valence-electron chi connectivity index (χ1n) is 7.49. The van der Waals surface area contributed by atoms with Crippen LogP contribution in [0, 0.1) is 0 Å². The van der Waals surface area contributed by atoms with Gasteiger partial charge in [0.25, 0.3) is 0 Å². The van der Waals surface area contributed by atoms with E-state index in [2.05, 4.69) is 5.32 Å². The number of aliphatic hydroxyl groups excluding tert-OH is 1. The van der Waals surface area contributed by atoms with E-state index >= 15 is 0 Å². The van der Waals surface area contributed by atoms with Crippen LogP contribution in [0.4, 0.5) is 0 Å². The molecule has 2 aromatic carbocycles. The molecule has 0 aliphatic heterocycles. The molecule has 0 radical (unpaired) electrons. The normalized spacial score (nSPS) is 14.3. The molecule has 0 aliphatic rings. The van der Waals surface area contributed by atoms with Gasteiger partial charge in [0.2, 0.25) is 0 Å². The summed E-state index contributed by atoms with van der Waals surface area (Å²) < 4.78 is 0. The van der Waals surface area contributed by atoms with E-state index < -0.39 is 18.1 Å². The molecule has 3 N–H and O–H groups in total. The zero-order chi connectivity index (χ0) is 16.7. The maximum Gasteiger partial charge on any atom is 0.325 e. The highest BCUT2D eigenvalue weighted by Crippen LogP contribution is 2.16. The Morgan fingerprint density at radius 3 is 2.17 bits per heavy atom. The van der Waals surface area contributed by atoms with Gasteiger partial charge in [-0.2, -0.15) is 0 Å². The summed E-state index contributed by atoms with van der Waals surface area (Å²) in [7, 11) is 0. The first kappa shape index (κ1) is 16.9. The number of rotatable bonds is 7. The Balaban J connectivity index is 2.21. The molecule has 0 unspecified atom stereocenters. The zero-order valence-corrected chi connectivity index (χ0v) is 13.0. The average molecular weight is 311 g/mol. The van der Waals surface area contributed by atoms with Crippen molar-refractivity contribution in [2.24, 2.45) is 0 Å². The van der Waals surface area contributed by atoms with Crippen LogP contribution in [0.25, 0.3) is 6.08 Å². The van der Waals surface area contributed by atoms with Gasteiger partial charge in [0.1, 0.15) is 6.04 Å². The minimum atomic E-state index is -0.968. The van der Waals surface area contributed by atoms with Crippen molar-refractivity contribution in [3.8, 4) is 0 Å². The molecule has 2 rings (SSSR count). The highest BCUT2D eigenvalue weighted by molar-refractivity contribution is 5.79. The van der Waals surface area contributed by atoms with Gasteiger partial charge in [0.05, 0.1) is 12.6 Å². The van der Waals surface area contributed by atoms with Gasteiger partial charge in [-0.05, 0) is 23.6 Å². The number of hydrogen-bond acceptors (Lipinski definition) is 3. The molecule has 0 heterocycles. The Kier molecular flexibility index (Phi) is 6.09. The monoisotopic (exact) mass is 311 g/mol. The number of aliphatic hydroxyl groups is 1. The second kappa shape index (κ2) is 8.27. The van der Waals surface area contributed by atoms with E-state index in [1.165, 1.54) is 0 Å². The number of nitrogens with one attached hydrogen (secondary N) is 1. The molecule has 4 nitrogen and oxygen atoms in total. The van der Waals surface area contributed by atoms with Crippen LogP contribution in [-0.2, 0) is 4.79 Å². The quantitative estimate of drug-likeness (QED) is 0.735. The first-order valence-corrected chi connectivity index (χ1v) is 7.49. The lowest BCUT2D eigenvalue weighted by Crippen LogP contribution is -2.41. The third kappa shape index (κ3) is 4.77. The van der Waals surface area contributed by atoms with Gasteiger partial charge < -0.3 is 10.2 Å². The van der Waals surface area contributed by atoms with Crippen molar-refractivity contribution >= 4 is 12.0 Å². The smallest absolute Gasteiger partial charge is 0.325 e. The molecule has 0 amide bonds. The first-order chi connectivity index (χ1) is 11.1. The summed E-state index contributed by atoms with van der Waals surface area (Å²) in [6, 6.07) is 17.6. The number of benzene rings is 2. The summed E-state index contributed by atoms with van der Waals surface area (Å²) in [4.78, 5) is 11.6. The summed E-state index contributed by atoms with van der Waals surface area (Å²) in [5, 5.41) is 22.2. The van der Waals surface area contributed by atoms with Gasteiger partial charge in [-0.1, -0.05) is 66.7 Å². The molecule has 0 saturated heterocycles. The van der Waals surface area contributed by atoms with Crippen LogP contribution in [0.3, 0.4) is 0 Å². The highest BCUT2D eigenvalue weighted by atomic mass is 16.4. The van der Waals surface area contributed by atoms with Crippen molar-refractivity contribution in [2.45, 2.75) is 19.0 Å². The van der Waals surface area contributed by atoms with Crippen molar-refractivity contribution in [1.82, 2.24) is 5.32 Å². The lowest BCUT2D eigenvalue weighted by molar-refractivity contribution is -0.138. The Hall–Kier alpha value is -2.43. The molecule has 0 spiro atoms. The molecule has 120 valence electrons. The molecule has 0 bridgehead atoms.